The fourth-order valence-electron chi connectivity index (χ4n) is 4.35. The predicted octanol–water partition coefficient (Wildman–Crippen LogP) is 2.44. The number of ether oxygens (including phenoxy) is 1. The topological polar surface area (TPSA) is 127 Å². The van der Waals surface area contributed by atoms with Crippen LogP contribution in [-0.2, 0) is 7.05 Å². The molecule has 1 aliphatic heterocycles. The first kappa shape index (κ1) is 16.7. The van der Waals surface area contributed by atoms with Gasteiger partial charge in [-0.1, -0.05) is 0 Å². The second kappa shape index (κ2) is 5.78. The zero-order valence-corrected chi connectivity index (χ0v) is 16.9. The lowest BCUT2D eigenvalue weighted by atomic mass is 9.86. The fourth-order valence-corrected chi connectivity index (χ4v) is 4.35. The van der Waals surface area contributed by atoms with E-state index < -0.39 is 0 Å². The van der Waals surface area contributed by atoms with Gasteiger partial charge in [0.15, 0.2) is 5.65 Å². The standard InChI is InChI=1S/C20H18N10O/c1-9-14-15(11-6-22-29(2)7-11)16-18-23-17(13-5-12(25-26-13)10-3-4-10)28-30(18)8-21-19(16)31-20(14)27-24-9/h5-8,10,15H,3-4H2,1-2H3,(H,24,27)(H,25,26)/t15-/m1/s1. The number of nitrogens with zero attached hydrogens (tertiary/aromatic N) is 8. The molecule has 1 aliphatic carbocycles. The van der Waals surface area contributed by atoms with Crippen LogP contribution in [-0.4, -0.2) is 49.8 Å². The van der Waals surface area contributed by atoms with Gasteiger partial charge in [0.2, 0.25) is 17.6 Å². The molecule has 0 saturated heterocycles. The van der Waals surface area contributed by atoms with Crippen molar-refractivity contribution in [1.29, 1.82) is 0 Å². The zero-order valence-electron chi connectivity index (χ0n) is 16.9. The Hall–Kier alpha value is -4.02. The van der Waals surface area contributed by atoms with Gasteiger partial charge in [-0.25, -0.2) is 14.5 Å². The molecule has 0 spiro atoms. The van der Waals surface area contributed by atoms with E-state index in [0.717, 1.165) is 33.8 Å². The average Bonchev–Trinajstić information content (AvgIpc) is 3.15. The highest BCUT2D eigenvalue weighted by Gasteiger charge is 2.37. The Morgan fingerprint density at radius 3 is 2.84 bits per heavy atom. The smallest absolute Gasteiger partial charge is 0.244 e. The summed E-state index contributed by atoms with van der Waals surface area (Å²) in [6.07, 6.45) is 7.87. The molecule has 2 N–H and O–H groups in total. The van der Waals surface area contributed by atoms with Crippen LogP contribution in [0.1, 0.15) is 52.8 Å². The number of nitrogens with one attached hydrogen (secondary N) is 2. The summed E-state index contributed by atoms with van der Waals surface area (Å²) < 4.78 is 9.51. The van der Waals surface area contributed by atoms with Crippen molar-refractivity contribution in [3.05, 3.63) is 52.9 Å². The van der Waals surface area contributed by atoms with Gasteiger partial charge >= 0.3 is 0 Å². The number of fused-ring (bicyclic) bond motifs is 4. The van der Waals surface area contributed by atoms with Gasteiger partial charge in [0.1, 0.15) is 12.0 Å². The van der Waals surface area contributed by atoms with E-state index in [9.17, 15) is 0 Å². The van der Waals surface area contributed by atoms with Crippen LogP contribution in [0, 0.1) is 6.92 Å². The van der Waals surface area contributed by atoms with Gasteiger partial charge in [-0.05, 0) is 25.8 Å². The molecule has 154 valence electrons. The maximum atomic E-state index is 6.04. The third-order valence-electron chi connectivity index (χ3n) is 6.02. The van der Waals surface area contributed by atoms with Crippen molar-refractivity contribution in [3.63, 3.8) is 0 Å². The van der Waals surface area contributed by atoms with Crippen LogP contribution in [0.3, 0.4) is 0 Å². The first-order chi connectivity index (χ1) is 15.2. The van der Waals surface area contributed by atoms with E-state index >= 15 is 0 Å². The summed E-state index contributed by atoms with van der Waals surface area (Å²) in [6.45, 7) is 1.98. The van der Waals surface area contributed by atoms with Crippen molar-refractivity contribution in [1.82, 2.24) is 49.8 Å². The molecule has 11 nitrogen and oxygen atoms in total. The van der Waals surface area contributed by atoms with Crippen molar-refractivity contribution >= 4 is 5.65 Å². The van der Waals surface area contributed by atoms with Crippen molar-refractivity contribution in [2.75, 3.05) is 0 Å². The molecule has 11 heteroatoms. The highest BCUT2D eigenvalue weighted by atomic mass is 16.5. The van der Waals surface area contributed by atoms with Crippen LogP contribution in [0.15, 0.2) is 24.8 Å². The number of hydrogen-bond acceptors (Lipinski definition) is 7. The molecule has 1 fully saturated rings. The molecule has 5 aromatic rings. The predicted molar refractivity (Wildman–Crippen MR) is 108 cm³/mol. The van der Waals surface area contributed by atoms with E-state index in [4.69, 9.17) is 9.72 Å². The number of aromatic nitrogens is 10. The lowest BCUT2D eigenvalue weighted by molar-refractivity contribution is 0.416. The van der Waals surface area contributed by atoms with E-state index in [2.05, 4.69) is 35.6 Å². The monoisotopic (exact) mass is 414 g/mol. The second-order valence-corrected chi connectivity index (χ2v) is 8.20. The number of H-pyrrole nitrogens is 2. The third kappa shape index (κ3) is 2.39. The van der Waals surface area contributed by atoms with Gasteiger partial charge in [-0.3, -0.25) is 14.9 Å². The molecule has 0 amide bonds. The van der Waals surface area contributed by atoms with Gasteiger partial charge in [0.25, 0.3) is 0 Å². The quantitative estimate of drug-likeness (QED) is 0.455. The molecule has 0 bridgehead atoms. The molecular formula is C20H18N10O. The summed E-state index contributed by atoms with van der Waals surface area (Å²) >= 11 is 0. The Morgan fingerprint density at radius 2 is 2.03 bits per heavy atom. The number of rotatable bonds is 3. The number of hydrogen-bond donors (Lipinski definition) is 2. The third-order valence-corrected chi connectivity index (χ3v) is 6.02. The molecule has 0 aromatic carbocycles. The maximum Gasteiger partial charge on any atom is 0.244 e. The minimum absolute atomic E-state index is 0.180. The molecule has 5 aromatic heterocycles. The molecule has 0 radical (unpaired) electrons. The maximum absolute atomic E-state index is 6.04. The van der Waals surface area contributed by atoms with Crippen LogP contribution in [0.25, 0.3) is 17.2 Å². The number of aromatic amines is 2. The van der Waals surface area contributed by atoms with Gasteiger partial charge in [-0.2, -0.15) is 10.2 Å². The Balaban J connectivity index is 1.44. The minimum atomic E-state index is -0.180. The summed E-state index contributed by atoms with van der Waals surface area (Å²) in [5.74, 6) is 1.95. The fraction of sp³-hybridized carbons (Fsp3) is 0.300. The van der Waals surface area contributed by atoms with Crippen LogP contribution in [0.5, 0.6) is 11.8 Å². The normalized spacial score (nSPS) is 17.5. The summed E-state index contributed by atoms with van der Waals surface area (Å²) in [6, 6.07) is 2.04. The Morgan fingerprint density at radius 1 is 1.13 bits per heavy atom. The highest BCUT2D eigenvalue weighted by molar-refractivity contribution is 5.67. The Bertz CT molecular complexity index is 1470. The summed E-state index contributed by atoms with van der Waals surface area (Å²) in [7, 11) is 1.90. The largest absolute Gasteiger partial charge is 0.418 e. The molecule has 2 aliphatic rings. The summed E-state index contributed by atoms with van der Waals surface area (Å²) in [4.78, 5) is 9.37. The lowest BCUT2D eigenvalue weighted by Gasteiger charge is -2.24. The van der Waals surface area contributed by atoms with Gasteiger partial charge in [0, 0.05) is 41.7 Å². The van der Waals surface area contributed by atoms with Crippen molar-refractivity contribution < 1.29 is 4.74 Å². The molecule has 1 saturated carbocycles. The first-order valence-corrected chi connectivity index (χ1v) is 10.2. The SMILES string of the molecule is Cc1[nH]nc2c1[C@@H](c1cnn(C)c1)c1c(ncn3nc(-c4cc(C5CC5)[nH]n4)nc13)O2. The molecule has 6 heterocycles. The van der Waals surface area contributed by atoms with Gasteiger partial charge < -0.3 is 4.74 Å². The van der Waals surface area contributed by atoms with E-state index in [0.29, 0.717) is 29.1 Å². The molecule has 31 heavy (non-hydrogen) atoms. The van der Waals surface area contributed by atoms with E-state index in [1.54, 1.807) is 15.5 Å². The van der Waals surface area contributed by atoms with E-state index in [1.165, 1.54) is 12.8 Å². The minimum Gasteiger partial charge on any atom is -0.418 e. The zero-order chi connectivity index (χ0) is 20.7. The van der Waals surface area contributed by atoms with Crippen molar-refractivity contribution in [2.24, 2.45) is 7.05 Å². The Kier molecular flexibility index (Phi) is 3.12. The van der Waals surface area contributed by atoms with Gasteiger partial charge in [0.05, 0.1) is 17.7 Å². The van der Waals surface area contributed by atoms with Crippen LogP contribution in [0.4, 0.5) is 0 Å². The number of aryl methyl sites for hydroxylation is 2. The second-order valence-electron chi connectivity index (χ2n) is 8.20. The summed E-state index contributed by atoms with van der Waals surface area (Å²) in [5.41, 5.74) is 6.28. The van der Waals surface area contributed by atoms with Crippen LogP contribution in [0.2, 0.25) is 0 Å². The molecule has 1 atom stereocenters. The van der Waals surface area contributed by atoms with E-state index in [1.807, 2.05) is 32.4 Å². The van der Waals surface area contributed by atoms with Crippen molar-refractivity contribution in [3.8, 4) is 23.3 Å². The molecular weight excluding hydrogens is 396 g/mol. The summed E-state index contributed by atoms with van der Waals surface area (Å²) in [5, 5.41) is 23.9. The lowest BCUT2D eigenvalue weighted by Crippen LogP contribution is -2.14. The van der Waals surface area contributed by atoms with Crippen molar-refractivity contribution in [2.45, 2.75) is 31.6 Å². The van der Waals surface area contributed by atoms with E-state index in [-0.39, 0.29) is 5.92 Å². The Labute approximate surface area is 175 Å². The highest BCUT2D eigenvalue weighted by Crippen LogP contribution is 2.48. The van der Waals surface area contributed by atoms with Crippen LogP contribution >= 0.6 is 0 Å². The first-order valence-electron chi connectivity index (χ1n) is 10.2. The average molecular weight is 414 g/mol. The molecule has 7 rings (SSSR count). The molecule has 0 unspecified atom stereocenters. The van der Waals surface area contributed by atoms with Gasteiger partial charge in [-0.15, -0.1) is 10.2 Å². The van der Waals surface area contributed by atoms with Crippen LogP contribution < -0.4 is 4.74 Å².